The van der Waals surface area contributed by atoms with E-state index in [9.17, 15) is 4.79 Å². The van der Waals surface area contributed by atoms with Crippen LogP contribution in [-0.4, -0.2) is 32.3 Å². The third-order valence-corrected chi connectivity index (χ3v) is 2.48. The van der Waals surface area contributed by atoms with Crippen LogP contribution in [0.3, 0.4) is 0 Å². The van der Waals surface area contributed by atoms with Gasteiger partial charge in [0.05, 0.1) is 6.21 Å². The fourth-order valence-corrected chi connectivity index (χ4v) is 1.60. The number of carbonyl (C=O) groups is 1. The number of aromatic nitrogens is 4. The van der Waals surface area contributed by atoms with E-state index in [1.54, 1.807) is 6.21 Å². The molecule has 0 aliphatic heterocycles. The molecule has 0 aromatic carbocycles. The summed E-state index contributed by atoms with van der Waals surface area (Å²) >= 11 is 1.52. The Morgan fingerprint density at radius 2 is 2.59 bits per heavy atom. The van der Waals surface area contributed by atoms with Gasteiger partial charge < -0.3 is 5.73 Å². The van der Waals surface area contributed by atoms with E-state index in [1.165, 1.54) is 11.3 Å². The highest BCUT2D eigenvalue weighted by Gasteiger charge is 2.04. The number of hydrogen-bond donors (Lipinski definition) is 2. The quantitative estimate of drug-likeness (QED) is 0.560. The van der Waals surface area contributed by atoms with Crippen molar-refractivity contribution in [1.29, 1.82) is 0 Å². The first-order valence-corrected chi connectivity index (χ1v) is 5.51. The summed E-state index contributed by atoms with van der Waals surface area (Å²) in [6.07, 6.45) is 1.56. The molecular formula is C8H9N7OS. The zero-order valence-corrected chi connectivity index (χ0v) is 9.46. The van der Waals surface area contributed by atoms with E-state index in [1.807, 2.05) is 17.5 Å². The number of nitrogen functional groups attached to an aromatic ring is 1. The molecule has 0 aliphatic carbocycles. The second-order valence-electron chi connectivity index (χ2n) is 2.99. The van der Waals surface area contributed by atoms with Crippen molar-refractivity contribution in [2.24, 2.45) is 5.10 Å². The molecule has 0 saturated carbocycles. The zero-order chi connectivity index (χ0) is 12.1. The molecule has 0 atom stereocenters. The molecule has 3 N–H and O–H groups in total. The Morgan fingerprint density at radius 1 is 1.71 bits per heavy atom. The van der Waals surface area contributed by atoms with Gasteiger partial charge in [-0.05, 0) is 16.7 Å². The number of tetrazole rings is 1. The Bertz CT molecular complexity index is 518. The van der Waals surface area contributed by atoms with E-state index in [0.29, 0.717) is 0 Å². The molecule has 0 spiro atoms. The molecule has 2 rings (SSSR count). The monoisotopic (exact) mass is 251 g/mol. The van der Waals surface area contributed by atoms with E-state index in [4.69, 9.17) is 5.73 Å². The average molecular weight is 251 g/mol. The van der Waals surface area contributed by atoms with Crippen LogP contribution in [0.2, 0.25) is 0 Å². The Kier molecular flexibility index (Phi) is 3.40. The van der Waals surface area contributed by atoms with Crippen LogP contribution in [0.15, 0.2) is 22.6 Å². The smallest absolute Gasteiger partial charge is 0.263 e. The van der Waals surface area contributed by atoms with E-state index < -0.39 is 0 Å². The molecule has 0 unspecified atom stereocenters. The van der Waals surface area contributed by atoms with E-state index in [0.717, 1.165) is 9.67 Å². The molecule has 8 nitrogen and oxygen atoms in total. The van der Waals surface area contributed by atoms with Crippen LogP contribution in [0.5, 0.6) is 0 Å². The predicted octanol–water partition coefficient (Wildman–Crippen LogP) is -0.533. The van der Waals surface area contributed by atoms with Crippen LogP contribution >= 0.6 is 11.3 Å². The third kappa shape index (κ3) is 3.34. The Hall–Kier alpha value is -2.29. The molecule has 0 radical (unpaired) electrons. The van der Waals surface area contributed by atoms with Crippen LogP contribution in [-0.2, 0) is 11.3 Å². The molecule has 0 saturated heterocycles. The average Bonchev–Trinajstić information content (AvgIpc) is 2.90. The zero-order valence-electron chi connectivity index (χ0n) is 8.65. The highest BCUT2D eigenvalue weighted by atomic mass is 32.1. The topological polar surface area (TPSA) is 111 Å². The summed E-state index contributed by atoms with van der Waals surface area (Å²) in [6, 6.07) is 3.79. The van der Waals surface area contributed by atoms with Crippen molar-refractivity contribution in [2.75, 3.05) is 5.73 Å². The fourth-order valence-electron chi connectivity index (χ4n) is 1.02. The number of amides is 1. The molecule has 2 aromatic rings. The summed E-state index contributed by atoms with van der Waals surface area (Å²) in [5.41, 5.74) is 7.60. The molecule has 9 heteroatoms. The lowest BCUT2D eigenvalue weighted by molar-refractivity contribution is -0.122. The van der Waals surface area contributed by atoms with Crippen molar-refractivity contribution in [3.8, 4) is 0 Å². The van der Waals surface area contributed by atoms with Gasteiger partial charge in [0.25, 0.3) is 11.9 Å². The first-order valence-electron chi connectivity index (χ1n) is 4.63. The van der Waals surface area contributed by atoms with Gasteiger partial charge in [-0.15, -0.1) is 16.4 Å². The van der Waals surface area contributed by atoms with Crippen LogP contribution in [0.1, 0.15) is 4.88 Å². The molecule has 1 amide bonds. The maximum Gasteiger partial charge on any atom is 0.263 e. The van der Waals surface area contributed by atoms with Gasteiger partial charge >= 0.3 is 0 Å². The molecule has 88 valence electrons. The Morgan fingerprint density at radius 3 is 3.24 bits per heavy atom. The fraction of sp³-hybridized carbons (Fsp3) is 0.125. The van der Waals surface area contributed by atoms with Crippen molar-refractivity contribution in [3.05, 3.63) is 22.4 Å². The van der Waals surface area contributed by atoms with Gasteiger partial charge in [0, 0.05) is 4.88 Å². The molecule has 17 heavy (non-hydrogen) atoms. The minimum absolute atomic E-state index is 0.0277. The Labute approximate surface area is 100 Å². The predicted molar refractivity (Wildman–Crippen MR) is 62.3 cm³/mol. The number of rotatable bonds is 4. The number of carbonyl (C=O) groups excluding carboxylic acids is 1. The van der Waals surface area contributed by atoms with Crippen LogP contribution < -0.4 is 11.2 Å². The lowest BCUT2D eigenvalue weighted by Crippen LogP contribution is -2.24. The van der Waals surface area contributed by atoms with Crippen LogP contribution in [0.25, 0.3) is 0 Å². The SMILES string of the molecule is Nc1nnn(CC(=O)N/N=C/c2cccs2)n1. The summed E-state index contributed by atoms with van der Waals surface area (Å²) in [5, 5.41) is 16.4. The van der Waals surface area contributed by atoms with E-state index in [-0.39, 0.29) is 18.4 Å². The summed E-state index contributed by atoms with van der Waals surface area (Å²) in [7, 11) is 0. The van der Waals surface area contributed by atoms with Crippen LogP contribution in [0.4, 0.5) is 5.95 Å². The molecule has 0 bridgehead atoms. The highest BCUT2D eigenvalue weighted by Crippen LogP contribution is 2.03. The number of hydrogen-bond acceptors (Lipinski definition) is 7. The number of nitrogens with two attached hydrogens (primary N) is 1. The van der Waals surface area contributed by atoms with E-state index >= 15 is 0 Å². The van der Waals surface area contributed by atoms with E-state index in [2.05, 4.69) is 25.9 Å². The molecule has 2 heterocycles. The van der Waals surface area contributed by atoms with Gasteiger partial charge in [0.1, 0.15) is 6.54 Å². The maximum absolute atomic E-state index is 11.4. The normalized spacial score (nSPS) is 10.8. The van der Waals surface area contributed by atoms with Crippen molar-refractivity contribution < 1.29 is 4.79 Å². The minimum Gasteiger partial charge on any atom is -0.365 e. The molecule has 2 aromatic heterocycles. The van der Waals surface area contributed by atoms with Crippen LogP contribution in [0, 0.1) is 0 Å². The molecular weight excluding hydrogens is 242 g/mol. The minimum atomic E-state index is -0.352. The van der Waals surface area contributed by atoms with Gasteiger partial charge in [0.2, 0.25) is 0 Å². The second kappa shape index (κ2) is 5.16. The first kappa shape index (κ1) is 11.2. The highest BCUT2D eigenvalue weighted by molar-refractivity contribution is 7.11. The number of nitrogens with zero attached hydrogens (tertiary/aromatic N) is 5. The summed E-state index contributed by atoms with van der Waals surface area (Å²) in [4.78, 5) is 13.4. The van der Waals surface area contributed by atoms with Gasteiger partial charge in [-0.2, -0.15) is 9.90 Å². The van der Waals surface area contributed by atoms with Gasteiger partial charge in [0.15, 0.2) is 0 Å². The summed E-state index contributed by atoms with van der Waals surface area (Å²) in [5.74, 6) is -0.324. The first-order chi connectivity index (χ1) is 8.24. The lowest BCUT2D eigenvalue weighted by Gasteiger charge is -1.96. The number of hydrazone groups is 1. The second-order valence-corrected chi connectivity index (χ2v) is 3.97. The lowest BCUT2D eigenvalue weighted by atomic mass is 10.5. The number of anilines is 1. The summed E-state index contributed by atoms with van der Waals surface area (Å²) in [6.45, 7) is -0.0774. The maximum atomic E-state index is 11.4. The summed E-state index contributed by atoms with van der Waals surface area (Å²) < 4.78 is 0. The molecule has 0 fully saturated rings. The largest absolute Gasteiger partial charge is 0.365 e. The van der Waals surface area contributed by atoms with Gasteiger partial charge in [-0.1, -0.05) is 11.2 Å². The van der Waals surface area contributed by atoms with Gasteiger partial charge in [-0.25, -0.2) is 5.43 Å². The Balaban J connectivity index is 1.82. The number of nitrogens with one attached hydrogen (secondary N) is 1. The van der Waals surface area contributed by atoms with Crippen molar-refractivity contribution in [1.82, 2.24) is 25.6 Å². The van der Waals surface area contributed by atoms with Crippen molar-refractivity contribution in [2.45, 2.75) is 6.54 Å². The standard InChI is InChI=1S/C8H9N7OS/c9-8-12-14-15(13-8)5-7(16)11-10-4-6-2-1-3-17-6/h1-4H,5H2,(H2,9,13)(H,11,16)/b10-4+. The number of thiophene rings is 1. The third-order valence-electron chi connectivity index (χ3n) is 1.68. The van der Waals surface area contributed by atoms with Crippen molar-refractivity contribution in [3.63, 3.8) is 0 Å². The molecule has 0 aliphatic rings. The van der Waals surface area contributed by atoms with Crippen molar-refractivity contribution >= 4 is 29.4 Å². The van der Waals surface area contributed by atoms with Gasteiger partial charge in [-0.3, -0.25) is 4.79 Å².